The van der Waals surface area contributed by atoms with Gasteiger partial charge in [0, 0.05) is 11.8 Å². The molecule has 5 heteroatoms. The maximum atomic E-state index is 13.8. The lowest BCUT2D eigenvalue weighted by molar-refractivity contribution is 0.103. The number of ether oxygens (including phenoxy) is 1. The molecule has 0 fully saturated rings. The summed E-state index contributed by atoms with van der Waals surface area (Å²) in [6.07, 6.45) is 0. The molecule has 0 radical (unpaired) electrons. The number of anilines is 1. The average molecular weight is 277 g/mol. The summed E-state index contributed by atoms with van der Waals surface area (Å²) < 4.78 is 32.4. The second-order valence-corrected chi connectivity index (χ2v) is 4.37. The number of hydrogen-bond acceptors (Lipinski definition) is 3. The summed E-state index contributed by atoms with van der Waals surface area (Å²) in [5.41, 5.74) is 5.94. The van der Waals surface area contributed by atoms with Crippen molar-refractivity contribution in [1.29, 1.82) is 0 Å². The third-order valence-corrected chi connectivity index (χ3v) is 2.96. The van der Waals surface area contributed by atoms with Gasteiger partial charge in [0.2, 0.25) is 0 Å². The molecule has 0 saturated carbocycles. The molecule has 2 aromatic carbocycles. The van der Waals surface area contributed by atoms with Gasteiger partial charge < -0.3 is 10.5 Å². The lowest BCUT2D eigenvalue weighted by Gasteiger charge is -2.10. The molecular weight excluding hydrogens is 264 g/mol. The maximum Gasteiger partial charge on any atom is 0.199 e. The summed E-state index contributed by atoms with van der Waals surface area (Å²) in [5, 5.41) is 0. The number of carbonyl (C=O) groups excluding carboxylic acids is 1. The van der Waals surface area contributed by atoms with Crippen LogP contribution in [0.2, 0.25) is 0 Å². The number of rotatable bonds is 3. The van der Waals surface area contributed by atoms with Gasteiger partial charge >= 0.3 is 0 Å². The van der Waals surface area contributed by atoms with E-state index in [0.29, 0.717) is 5.69 Å². The molecule has 3 nitrogen and oxygen atoms in total. The Hall–Kier alpha value is -2.43. The topological polar surface area (TPSA) is 52.3 Å². The molecule has 2 aromatic rings. The van der Waals surface area contributed by atoms with Crippen LogP contribution in [0, 0.1) is 18.6 Å². The number of nitrogen functional groups attached to an aromatic ring is 1. The Kier molecular flexibility index (Phi) is 3.70. The van der Waals surface area contributed by atoms with Crippen LogP contribution in [0.5, 0.6) is 5.75 Å². The number of methoxy groups -OCH3 is 1. The van der Waals surface area contributed by atoms with E-state index in [4.69, 9.17) is 10.5 Å². The molecule has 0 unspecified atom stereocenters. The van der Waals surface area contributed by atoms with Crippen LogP contribution in [0.15, 0.2) is 30.3 Å². The van der Waals surface area contributed by atoms with E-state index in [1.165, 1.54) is 32.2 Å². The molecule has 0 amide bonds. The van der Waals surface area contributed by atoms with Gasteiger partial charge in [-0.05, 0) is 36.8 Å². The van der Waals surface area contributed by atoms with Gasteiger partial charge in [0.05, 0.1) is 18.2 Å². The standard InChI is InChI=1S/C15H13F2NO2/c1-8-5-13(17)11(7-12(8)16)15(19)10-4-3-9(18)6-14(10)20-2/h3-7H,18H2,1-2H3. The van der Waals surface area contributed by atoms with Gasteiger partial charge in [-0.1, -0.05) is 0 Å². The minimum absolute atomic E-state index is 0.129. The first kappa shape index (κ1) is 14.0. The van der Waals surface area contributed by atoms with Crippen molar-refractivity contribution in [3.8, 4) is 5.75 Å². The predicted octanol–water partition coefficient (Wildman–Crippen LogP) is 3.10. The first-order valence-corrected chi connectivity index (χ1v) is 5.88. The molecule has 0 spiro atoms. The Morgan fingerprint density at radius 3 is 2.45 bits per heavy atom. The number of benzene rings is 2. The van der Waals surface area contributed by atoms with Crippen molar-refractivity contribution >= 4 is 11.5 Å². The second kappa shape index (κ2) is 5.28. The molecule has 0 aliphatic carbocycles. The largest absolute Gasteiger partial charge is 0.496 e. The SMILES string of the molecule is COc1cc(N)ccc1C(=O)c1cc(F)c(C)cc1F. The predicted molar refractivity (Wildman–Crippen MR) is 71.9 cm³/mol. The minimum atomic E-state index is -0.771. The Balaban J connectivity index is 2.54. The summed E-state index contributed by atoms with van der Waals surface area (Å²) >= 11 is 0. The average Bonchev–Trinajstić information content (AvgIpc) is 2.42. The van der Waals surface area contributed by atoms with Crippen LogP contribution in [0.4, 0.5) is 14.5 Å². The van der Waals surface area contributed by atoms with Crippen LogP contribution in [0.3, 0.4) is 0 Å². The van der Waals surface area contributed by atoms with Gasteiger partial charge in [-0.3, -0.25) is 4.79 Å². The van der Waals surface area contributed by atoms with E-state index < -0.39 is 17.4 Å². The van der Waals surface area contributed by atoms with E-state index in [1.54, 1.807) is 0 Å². The molecule has 0 atom stereocenters. The van der Waals surface area contributed by atoms with Gasteiger partial charge in [0.15, 0.2) is 5.78 Å². The lowest BCUT2D eigenvalue weighted by atomic mass is 10.00. The highest BCUT2D eigenvalue weighted by Crippen LogP contribution is 2.26. The Morgan fingerprint density at radius 2 is 1.80 bits per heavy atom. The number of ketones is 1. The van der Waals surface area contributed by atoms with Crippen molar-refractivity contribution in [1.82, 2.24) is 0 Å². The molecule has 0 aromatic heterocycles. The summed E-state index contributed by atoms with van der Waals surface area (Å²) in [5.74, 6) is -1.84. The zero-order valence-electron chi connectivity index (χ0n) is 11.0. The van der Waals surface area contributed by atoms with Crippen molar-refractivity contribution in [3.63, 3.8) is 0 Å². The van der Waals surface area contributed by atoms with Crippen LogP contribution in [-0.4, -0.2) is 12.9 Å². The van der Waals surface area contributed by atoms with E-state index in [0.717, 1.165) is 12.1 Å². The summed E-state index contributed by atoms with van der Waals surface area (Å²) in [6, 6.07) is 6.26. The zero-order valence-corrected chi connectivity index (χ0v) is 11.0. The molecule has 0 bridgehead atoms. The number of nitrogens with two attached hydrogens (primary N) is 1. The van der Waals surface area contributed by atoms with Crippen LogP contribution in [0.25, 0.3) is 0 Å². The molecular formula is C15H13F2NO2. The maximum absolute atomic E-state index is 13.8. The minimum Gasteiger partial charge on any atom is -0.496 e. The fourth-order valence-corrected chi connectivity index (χ4v) is 1.86. The Labute approximate surface area is 115 Å². The summed E-state index contributed by atoms with van der Waals surface area (Å²) in [6.45, 7) is 1.43. The quantitative estimate of drug-likeness (QED) is 0.693. The van der Waals surface area contributed by atoms with Crippen molar-refractivity contribution in [2.75, 3.05) is 12.8 Å². The van der Waals surface area contributed by atoms with Crippen LogP contribution in [-0.2, 0) is 0 Å². The smallest absolute Gasteiger partial charge is 0.199 e. The summed E-state index contributed by atoms with van der Waals surface area (Å²) in [7, 11) is 1.37. The van der Waals surface area contributed by atoms with Crippen LogP contribution in [0.1, 0.15) is 21.5 Å². The molecule has 0 heterocycles. The molecule has 0 aliphatic heterocycles. The molecule has 2 rings (SSSR count). The van der Waals surface area contributed by atoms with E-state index in [-0.39, 0.29) is 22.4 Å². The third kappa shape index (κ3) is 2.47. The van der Waals surface area contributed by atoms with Gasteiger partial charge in [-0.2, -0.15) is 0 Å². The highest BCUT2D eigenvalue weighted by molar-refractivity contribution is 6.11. The third-order valence-electron chi connectivity index (χ3n) is 2.96. The molecule has 104 valence electrons. The fraction of sp³-hybridized carbons (Fsp3) is 0.133. The van der Waals surface area contributed by atoms with Gasteiger partial charge in [0.25, 0.3) is 0 Å². The first-order valence-electron chi connectivity index (χ1n) is 5.88. The van der Waals surface area contributed by atoms with Crippen LogP contribution < -0.4 is 10.5 Å². The molecule has 0 aliphatic rings. The van der Waals surface area contributed by atoms with Crippen molar-refractivity contribution < 1.29 is 18.3 Å². The highest BCUT2D eigenvalue weighted by atomic mass is 19.1. The van der Waals surface area contributed by atoms with E-state index >= 15 is 0 Å². The first-order chi connectivity index (χ1) is 9.43. The number of halogens is 2. The molecule has 0 saturated heterocycles. The summed E-state index contributed by atoms with van der Waals surface area (Å²) in [4.78, 5) is 12.3. The van der Waals surface area contributed by atoms with Gasteiger partial charge in [-0.25, -0.2) is 8.78 Å². The van der Waals surface area contributed by atoms with Gasteiger partial charge in [0.1, 0.15) is 17.4 Å². The fourth-order valence-electron chi connectivity index (χ4n) is 1.86. The monoisotopic (exact) mass is 277 g/mol. The number of hydrogen-bond donors (Lipinski definition) is 1. The molecule has 20 heavy (non-hydrogen) atoms. The van der Waals surface area contributed by atoms with Crippen molar-refractivity contribution in [2.45, 2.75) is 6.92 Å². The zero-order chi connectivity index (χ0) is 14.9. The van der Waals surface area contributed by atoms with E-state index in [9.17, 15) is 13.6 Å². The molecule has 2 N–H and O–H groups in total. The normalized spacial score (nSPS) is 10.4. The number of aryl methyl sites for hydroxylation is 1. The van der Waals surface area contributed by atoms with Crippen molar-refractivity contribution in [3.05, 3.63) is 58.7 Å². The Morgan fingerprint density at radius 1 is 1.10 bits per heavy atom. The van der Waals surface area contributed by atoms with E-state index in [2.05, 4.69) is 0 Å². The van der Waals surface area contributed by atoms with Gasteiger partial charge in [-0.15, -0.1) is 0 Å². The lowest BCUT2D eigenvalue weighted by Crippen LogP contribution is -2.08. The Bertz CT molecular complexity index is 684. The highest BCUT2D eigenvalue weighted by Gasteiger charge is 2.19. The van der Waals surface area contributed by atoms with Crippen molar-refractivity contribution in [2.24, 2.45) is 0 Å². The van der Waals surface area contributed by atoms with E-state index in [1.807, 2.05) is 0 Å². The second-order valence-electron chi connectivity index (χ2n) is 4.37. The van der Waals surface area contributed by atoms with Crippen LogP contribution >= 0.6 is 0 Å². The number of carbonyl (C=O) groups is 1.